The summed E-state index contributed by atoms with van der Waals surface area (Å²) in [4.78, 5) is 38.9. The maximum atomic E-state index is 13.3. The highest BCUT2D eigenvalue weighted by Gasteiger charge is 2.40. The van der Waals surface area contributed by atoms with Crippen LogP contribution in [0.1, 0.15) is 35.7 Å². The van der Waals surface area contributed by atoms with Crippen molar-refractivity contribution in [3.8, 4) is 0 Å². The van der Waals surface area contributed by atoms with Crippen LogP contribution in [0.25, 0.3) is 0 Å². The summed E-state index contributed by atoms with van der Waals surface area (Å²) in [6, 6.07) is 13.8. The first kappa shape index (κ1) is 26.7. The highest BCUT2D eigenvalue weighted by Crippen LogP contribution is 2.29. The molecule has 1 unspecified atom stereocenters. The van der Waals surface area contributed by atoms with Crippen LogP contribution in [0.3, 0.4) is 0 Å². The van der Waals surface area contributed by atoms with Gasteiger partial charge in [0, 0.05) is 27.3 Å². The number of esters is 2. The van der Waals surface area contributed by atoms with Crippen molar-refractivity contribution in [2.75, 3.05) is 25.7 Å². The van der Waals surface area contributed by atoms with Gasteiger partial charge in [0.25, 0.3) is 0 Å². The molecule has 0 amide bonds. The molecule has 0 saturated heterocycles. The number of hydrogen-bond donors (Lipinski definition) is 1. The van der Waals surface area contributed by atoms with E-state index in [9.17, 15) is 19.5 Å². The highest BCUT2D eigenvalue weighted by molar-refractivity contribution is 7.98. The van der Waals surface area contributed by atoms with Crippen molar-refractivity contribution < 1.29 is 29.0 Å². The molecule has 0 aromatic heterocycles. The fourth-order valence-corrected chi connectivity index (χ4v) is 3.71. The van der Waals surface area contributed by atoms with Gasteiger partial charge in [0.1, 0.15) is 6.61 Å². The normalized spacial score (nSPS) is 12.5. The minimum absolute atomic E-state index is 0.0262. The maximum absolute atomic E-state index is 13.3. The number of rotatable bonds is 12. The molecule has 0 aliphatic rings. The maximum Gasteiger partial charge on any atom is 0.333 e. The van der Waals surface area contributed by atoms with E-state index in [2.05, 4.69) is 6.58 Å². The van der Waals surface area contributed by atoms with Gasteiger partial charge in [-0.1, -0.05) is 30.8 Å². The van der Waals surface area contributed by atoms with Crippen LogP contribution in [-0.4, -0.2) is 48.6 Å². The second-order valence-corrected chi connectivity index (χ2v) is 9.09. The molecule has 0 spiro atoms. The topological polar surface area (TPSA) is 89.9 Å². The molecule has 1 atom stereocenters. The Balaban J connectivity index is 2.13. The molecule has 2 rings (SSSR count). The Bertz CT molecular complexity index is 985. The second-order valence-electron chi connectivity index (χ2n) is 7.33. The third kappa shape index (κ3) is 7.48. The van der Waals surface area contributed by atoms with Crippen molar-refractivity contribution in [2.24, 2.45) is 0 Å². The SMILES string of the molecule is C=C(C)C(=O)OCCCC(=O)OCC(O)(C(=O)c1ccc(SC)cc1)c1ccc(SC)cc1. The smallest absolute Gasteiger partial charge is 0.333 e. The molecule has 0 radical (unpaired) electrons. The van der Waals surface area contributed by atoms with E-state index in [0.717, 1.165) is 9.79 Å². The Morgan fingerprint density at radius 3 is 2.00 bits per heavy atom. The summed E-state index contributed by atoms with van der Waals surface area (Å²) in [7, 11) is 0. The van der Waals surface area contributed by atoms with Gasteiger partial charge < -0.3 is 14.6 Å². The molecule has 0 saturated carbocycles. The van der Waals surface area contributed by atoms with Crippen molar-refractivity contribution in [3.05, 3.63) is 71.8 Å². The van der Waals surface area contributed by atoms with Crippen LogP contribution in [0.15, 0.2) is 70.5 Å². The van der Waals surface area contributed by atoms with Gasteiger partial charge in [-0.3, -0.25) is 9.59 Å². The Hall–Kier alpha value is -2.55. The quantitative estimate of drug-likeness (QED) is 0.152. The lowest BCUT2D eigenvalue weighted by molar-refractivity contribution is -0.150. The van der Waals surface area contributed by atoms with E-state index in [1.807, 2.05) is 12.5 Å². The molecule has 0 fully saturated rings. The lowest BCUT2D eigenvalue weighted by atomic mass is 9.86. The standard InChI is InChI=1S/C25H28O6S2/c1-17(2)24(28)30-15-5-6-22(26)31-16-25(29,19-9-13-21(33-4)14-10-19)23(27)18-7-11-20(32-3)12-8-18/h7-14,29H,1,5-6,15-16H2,2-4H3. The largest absolute Gasteiger partial charge is 0.462 e. The van der Waals surface area contributed by atoms with E-state index >= 15 is 0 Å². The molecule has 6 nitrogen and oxygen atoms in total. The van der Waals surface area contributed by atoms with E-state index in [0.29, 0.717) is 11.1 Å². The summed E-state index contributed by atoms with van der Waals surface area (Å²) in [6.07, 6.45) is 4.08. The van der Waals surface area contributed by atoms with Crippen LogP contribution < -0.4 is 0 Å². The molecule has 2 aromatic rings. The minimum Gasteiger partial charge on any atom is -0.462 e. The Morgan fingerprint density at radius 1 is 0.939 bits per heavy atom. The van der Waals surface area contributed by atoms with Crippen molar-refractivity contribution in [3.63, 3.8) is 0 Å². The van der Waals surface area contributed by atoms with Crippen molar-refractivity contribution in [1.82, 2.24) is 0 Å². The third-order valence-corrected chi connectivity index (χ3v) is 6.33. The number of carbonyl (C=O) groups excluding carboxylic acids is 3. The van der Waals surface area contributed by atoms with Gasteiger partial charge in [0.05, 0.1) is 6.61 Å². The Labute approximate surface area is 202 Å². The van der Waals surface area contributed by atoms with E-state index in [4.69, 9.17) is 9.47 Å². The van der Waals surface area contributed by atoms with Gasteiger partial charge >= 0.3 is 11.9 Å². The molecule has 0 aliphatic heterocycles. The van der Waals surface area contributed by atoms with E-state index < -0.39 is 29.9 Å². The number of hydrogen-bond acceptors (Lipinski definition) is 8. The predicted molar refractivity (Wildman–Crippen MR) is 131 cm³/mol. The number of thioether (sulfide) groups is 2. The van der Waals surface area contributed by atoms with Gasteiger partial charge in [-0.25, -0.2) is 4.79 Å². The second kappa shape index (κ2) is 12.6. The van der Waals surface area contributed by atoms with Crippen LogP contribution in [0.4, 0.5) is 0 Å². The van der Waals surface area contributed by atoms with E-state index in [1.165, 1.54) is 18.7 Å². The number of Topliss-reactive ketones (excluding diaryl/α,β-unsaturated/α-hetero) is 1. The first-order valence-electron chi connectivity index (χ1n) is 10.2. The molecule has 8 heteroatoms. The molecule has 176 valence electrons. The molecular formula is C25H28O6S2. The summed E-state index contributed by atoms with van der Waals surface area (Å²) in [5.41, 5.74) is -1.12. The van der Waals surface area contributed by atoms with Crippen molar-refractivity contribution in [2.45, 2.75) is 35.2 Å². The first-order chi connectivity index (χ1) is 15.7. The summed E-state index contributed by atoms with van der Waals surface area (Å²) in [5, 5.41) is 11.4. The fourth-order valence-electron chi connectivity index (χ4n) is 2.89. The average Bonchev–Trinajstić information content (AvgIpc) is 2.84. The molecule has 0 aliphatic carbocycles. The zero-order valence-corrected chi connectivity index (χ0v) is 20.6. The highest BCUT2D eigenvalue weighted by atomic mass is 32.2. The Morgan fingerprint density at radius 2 is 1.48 bits per heavy atom. The zero-order chi connectivity index (χ0) is 24.4. The average molecular weight is 489 g/mol. The molecule has 1 N–H and O–H groups in total. The number of ketones is 1. The summed E-state index contributed by atoms with van der Waals surface area (Å²) in [6.45, 7) is 4.54. The van der Waals surface area contributed by atoms with E-state index in [-0.39, 0.29) is 25.0 Å². The van der Waals surface area contributed by atoms with Gasteiger partial charge in [-0.05, 0) is 55.7 Å². The number of aliphatic hydroxyl groups is 1. The molecular weight excluding hydrogens is 460 g/mol. The van der Waals surface area contributed by atoms with Gasteiger partial charge in [-0.2, -0.15) is 0 Å². The number of ether oxygens (including phenoxy) is 2. The third-order valence-electron chi connectivity index (χ3n) is 4.84. The molecule has 33 heavy (non-hydrogen) atoms. The lowest BCUT2D eigenvalue weighted by Gasteiger charge is -2.27. The van der Waals surface area contributed by atoms with Crippen molar-refractivity contribution >= 4 is 41.2 Å². The van der Waals surface area contributed by atoms with Gasteiger partial charge in [0.2, 0.25) is 5.78 Å². The number of carbonyl (C=O) groups is 3. The fraction of sp³-hybridized carbons (Fsp3) is 0.320. The van der Waals surface area contributed by atoms with Gasteiger partial charge in [-0.15, -0.1) is 23.5 Å². The lowest BCUT2D eigenvalue weighted by Crippen LogP contribution is -2.41. The Kier molecular flexibility index (Phi) is 10.2. The van der Waals surface area contributed by atoms with Crippen molar-refractivity contribution in [1.29, 1.82) is 0 Å². The van der Waals surface area contributed by atoms with Crippen LogP contribution in [0.5, 0.6) is 0 Å². The van der Waals surface area contributed by atoms with E-state index in [1.54, 1.807) is 60.3 Å². The van der Waals surface area contributed by atoms with Crippen LogP contribution >= 0.6 is 23.5 Å². The molecule has 2 aromatic carbocycles. The molecule has 0 bridgehead atoms. The van der Waals surface area contributed by atoms with Crippen LogP contribution in [0.2, 0.25) is 0 Å². The number of benzene rings is 2. The predicted octanol–water partition coefficient (Wildman–Crippen LogP) is 4.64. The first-order valence-corrected chi connectivity index (χ1v) is 12.7. The summed E-state index contributed by atoms with van der Waals surface area (Å²) in [5.74, 6) is -1.69. The monoisotopic (exact) mass is 488 g/mol. The zero-order valence-electron chi connectivity index (χ0n) is 19.0. The van der Waals surface area contributed by atoms with Gasteiger partial charge in [0.15, 0.2) is 5.60 Å². The van der Waals surface area contributed by atoms with Crippen LogP contribution in [0, 0.1) is 0 Å². The summed E-state index contributed by atoms with van der Waals surface area (Å²) >= 11 is 3.08. The summed E-state index contributed by atoms with van der Waals surface area (Å²) < 4.78 is 10.2. The van der Waals surface area contributed by atoms with Crippen LogP contribution in [-0.2, 0) is 24.7 Å². The minimum atomic E-state index is -2.04. The molecule has 0 heterocycles.